The molecule has 0 aliphatic rings. The van der Waals surface area contributed by atoms with Crippen LogP contribution < -0.4 is 16.4 Å². The molecule has 1 aromatic carbocycles. The molecule has 0 spiro atoms. The highest BCUT2D eigenvalue weighted by Crippen LogP contribution is 2.03. The first-order valence-corrected chi connectivity index (χ1v) is 5.98. The molecule has 0 saturated heterocycles. The number of hydrogen-bond acceptors (Lipinski definition) is 6. The van der Waals surface area contributed by atoms with Crippen molar-refractivity contribution < 1.29 is 13.8 Å². The maximum absolute atomic E-state index is 12.7. The zero-order chi connectivity index (χ0) is 14.4. The summed E-state index contributed by atoms with van der Waals surface area (Å²) in [5.41, 5.74) is 6.32. The van der Waals surface area contributed by atoms with Gasteiger partial charge in [-0.25, -0.2) is 9.02 Å². The highest BCUT2D eigenvalue weighted by atomic mass is 35.5. The van der Waals surface area contributed by atoms with Crippen LogP contribution in [0.25, 0.3) is 0 Å². The molecule has 4 N–H and O–H groups in total. The van der Waals surface area contributed by atoms with E-state index < -0.39 is 5.91 Å². The highest BCUT2D eigenvalue weighted by molar-refractivity contribution is 5.95. The lowest BCUT2D eigenvalue weighted by Crippen LogP contribution is -2.32. The number of amides is 1. The number of hydrogen-bond donors (Lipinski definition) is 3. The van der Waals surface area contributed by atoms with E-state index in [0.717, 1.165) is 5.56 Å². The fraction of sp³-hybridized carbons (Fsp3) is 0.250. The summed E-state index contributed by atoms with van der Waals surface area (Å²) in [6, 6.07) is 6.20. The second kappa shape index (κ2) is 8.18. The third-order valence-corrected chi connectivity index (χ3v) is 2.56. The lowest BCUT2D eigenvalue weighted by molar-refractivity contribution is 0.0944. The molecule has 1 amide bonds. The summed E-state index contributed by atoms with van der Waals surface area (Å²) in [5, 5.41) is 12.4. The third kappa shape index (κ3) is 5.01. The quantitative estimate of drug-likeness (QED) is 0.679. The molecule has 0 atom stereocenters. The van der Waals surface area contributed by atoms with Crippen LogP contribution in [0.2, 0.25) is 0 Å². The van der Waals surface area contributed by atoms with Gasteiger partial charge in [-0.3, -0.25) is 4.79 Å². The lowest BCUT2D eigenvalue weighted by atomic mass is 10.2. The second-order valence-corrected chi connectivity index (χ2v) is 4.06. The number of halogens is 2. The van der Waals surface area contributed by atoms with Crippen LogP contribution in [0.1, 0.15) is 16.1 Å². The molecule has 2 aromatic rings. The molecule has 2 rings (SSSR count). The first-order chi connectivity index (χ1) is 9.66. The van der Waals surface area contributed by atoms with Crippen molar-refractivity contribution in [1.29, 1.82) is 0 Å². The van der Waals surface area contributed by atoms with Crippen molar-refractivity contribution in [3.8, 4) is 0 Å². The van der Waals surface area contributed by atoms with Gasteiger partial charge in [-0.15, -0.1) is 12.4 Å². The minimum atomic E-state index is -0.438. The van der Waals surface area contributed by atoms with Crippen LogP contribution in [0.15, 0.2) is 28.9 Å². The molecule has 0 unspecified atom stereocenters. The Kier molecular flexibility index (Phi) is 6.57. The highest BCUT2D eigenvalue weighted by Gasteiger charge is 2.14. The van der Waals surface area contributed by atoms with Gasteiger partial charge in [-0.2, -0.15) is 0 Å². The monoisotopic (exact) mass is 315 g/mol. The minimum Gasteiger partial charge on any atom is -0.379 e. The molecule has 0 saturated carbocycles. The van der Waals surface area contributed by atoms with Crippen LogP contribution in [0, 0.1) is 5.82 Å². The van der Waals surface area contributed by atoms with Gasteiger partial charge < -0.3 is 16.4 Å². The predicted octanol–water partition coefficient (Wildman–Crippen LogP) is 0.732. The van der Waals surface area contributed by atoms with Crippen molar-refractivity contribution in [3.05, 3.63) is 41.3 Å². The van der Waals surface area contributed by atoms with Gasteiger partial charge in [0.05, 0.1) is 0 Å². The Balaban J connectivity index is 0.00000220. The summed E-state index contributed by atoms with van der Waals surface area (Å²) in [7, 11) is 0. The number of nitrogens with zero attached hydrogens (tertiary/aromatic N) is 2. The summed E-state index contributed by atoms with van der Waals surface area (Å²) < 4.78 is 17.0. The molecule has 1 aromatic heterocycles. The number of benzene rings is 1. The van der Waals surface area contributed by atoms with E-state index in [1.807, 2.05) is 0 Å². The number of anilines is 1. The number of nitrogen functional groups attached to an aromatic ring is 1. The number of carbonyl (C=O) groups excluding carboxylic acids is 1. The van der Waals surface area contributed by atoms with Gasteiger partial charge in [-0.05, 0) is 28.0 Å². The number of rotatable bonds is 6. The maximum atomic E-state index is 12.7. The Hall–Kier alpha value is -2.19. The molecular weight excluding hydrogens is 301 g/mol. The van der Waals surface area contributed by atoms with Crippen molar-refractivity contribution in [2.24, 2.45) is 0 Å². The molecule has 7 nitrogen and oxygen atoms in total. The molecule has 0 aliphatic carbocycles. The number of aromatic nitrogens is 2. The standard InChI is InChI=1S/C12H14FN5O2.ClH/c13-9-3-1-8(2-4-9)7-15-5-6-16-12(19)10-11(14)18-20-17-10;/h1-4,15H,5-7H2,(H2,14,18)(H,16,19);1H. The topological polar surface area (TPSA) is 106 Å². The molecule has 0 bridgehead atoms. The maximum Gasteiger partial charge on any atom is 0.277 e. The second-order valence-electron chi connectivity index (χ2n) is 4.06. The summed E-state index contributed by atoms with van der Waals surface area (Å²) >= 11 is 0. The van der Waals surface area contributed by atoms with Crippen molar-refractivity contribution in [2.75, 3.05) is 18.8 Å². The van der Waals surface area contributed by atoms with Gasteiger partial charge in [0.1, 0.15) is 5.82 Å². The van der Waals surface area contributed by atoms with Crippen molar-refractivity contribution in [1.82, 2.24) is 20.9 Å². The first-order valence-electron chi connectivity index (χ1n) is 5.98. The van der Waals surface area contributed by atoms with E-state index >= 15 is 0 Å². The van der Waals surface area contributed by atoms with E-state index in [2.05, 4.69) is 25.6 Å². The Labute approximate surface area is 126 Å². The molecular formula is C12H15ClFN5O2. The summed E-state index contributed by atoms with van der Waals surface area (Å²) in [6.07, 6.45) is 0. The smallest absolute Gasteiger partial charge is 0.277 e. The van der Waals surface area contributed by atoms with Gasteiger partial charge >= 0.3 is 0 Å². The molecule has 21 heavy (non-hydrogen) atoms. The molecule has 0 aliphatic heterocycles. The van der Waals surface area contributed by atoms with E-state index in [1.165, 1.54) is 12.1 Å². The van der Waals surface area contributed by atoms with Crippen LogP contribution in [0.4, 0.5) is 10.2 Å². The van der Waals surface area contributed by atoms with Crippen molar-refractivity contribution in [3.63, 3.8) is 0 Å². The molecule has 0 radical (unpaired) electrons. The molecule has 1 heterocycles. The Morgan fingerprint density at radius 2 is 1.95 bits per heavy atom. The molecule has 114 valence electrons. The normalized spacial score (nSPS) is 9.95. The van der Waals surface area contributed by atoms with Crippen LogP contribution in [0.3, 0.4) is 0 Å². The van der Waals surface area contributed by atoms with E-state index in [-0.39, 0.29) is 29.7 Å². The van der Waals surface area contributed by atoms with E-state index in [4.69, 9.17) is 5.73 Å². The fourth-order valence-electron chi connectivity index (χ4n) is 1.54. The van der Waals surface area contributed by atoms with Gasteiger partial charge in [0.15, 0.2) is 0 Å². The zero-order valence-electron chi connectivity index (χ0n) is 11.0. The predicted molar refractivity (Wildman–Crippen MR) is 76.4 cm³/mol. The average Bonchev–Trinajstić information content (AvgIpc) is 2.86. The average molecular weight is 316 g/mol. The first kappa shape index (κ1) is 16.9. The number of nitrogens with one attached hydrogen (secondary N) is 2. The molecule has 0 fully saturated rings. The summed E-state index contributed by atoms with van der Waals surface area (Å²) in [6.45, 7) is 1.53. The zero-order valence-corrected chi connectivity index (χ0v) is 11.8. The Bertz CT molecular complexity index is 575. The SMILES string of the molecule is Cl.Nc1nonc1C(=O)NCCNCc1ccc(F)cc1. The molecule has 9 heteroatoms. The van der Waals surface area contributed by atoms with E-state index in [9.17, 15) is 9.18 Å². The summed E-state index contributed by atoms with van der Waals surface area (Å²) in [4.78, 5) is 11.6. The van der Waals surface area contributed by atoms with Crippen molar-refractivity contribution in [2.45, 2.75) is 6.54 Å². The minimum absolute atomic E-state index is 0. The summed E-state index contributed by atoms with van der Waals surface area (Å²) in [5.74, 6) is -0.742. The van der Waals surface area contributed by atoms with Gasteiger partial charge in [0.25, 0.3) is 5.91 Å². The van der Waals surface area contributed by atoms with Gasteiger partial charge in [0.2, 0.25) is 11.5 Å². The van der Waals surface area contributed by atoms with E-state index in [1.54, 1.807) is 12.1 Å². The van der Waals surface area contributed by atoms with Crippen molar-refractivity contribution >= 4 is 24.1 Å². The third-order valence-electron chi connectivity index (χ3n) is 2.56. The van der Waals surface area contributed by atoms with Gasteiger partial charge in [-0.1, -0.05) is 12.1 Å². The van der Waals surface area contributed by atoms with Gasteiger partial charge in [0, 0.05) is 19.6 Å². The number of carbonyl (C=O) groups is 1. The van der Waals surface area contributed by atoms with E-state index in [0.29, 0.717) is 19.6 Å². The largest absolute Gasteiger partial charge is 0.379 e. The van der Waals surface area contributed by atoms with Crippen LogP contribution in [-0.4, -0.2) is 29.3 Å². The Morgan fingerprint density at radius 3 is 2.57 bits per heavy atom. The number of nitrogens with two attached hydrogens (primary N) is 1. The van der Waals surface area contributed by atoms with Crippen LogP contribution in [-0.2, 0) is 6.54 Å². The van der Waals surface area contributed by atoms with Crippen LogP contribution in [0.5, 0.6) is 0 Å². The lowest BCUT2D eigenvalue weighted by Gasteiger charge is -2.06. The van der Waals surface area contributed by atoms with Crippen LogP contribution >= 0.6 is 12.4 Å². The fourth-order valence-corrected chi connectivity index (χ4v) is 1.54. The Morgan fingerprint density at radius 1 is 1.24 bits per heavy atom.